The van der Waals surface area contributed by atoms with Gasteiger partial charge in [-0.1, -0.05) is 6.07 Å². The second-order valence-corrected chi connectivity index (χ2v) is 6.08. The first-order valence-electron chi connectivity index (χ1n) is 7.96. The summed E-state index contributed by atoms with van der Waals surface area (Å²) in [6.45, 7) is -0.833. The summed E-state index contributed by atoms with van der Waals surface area (Å²) in [4.78, 5) is 11.7. The van der Waals surface area contributed by atoms with Gasteiger partial charge in [0.2, 0.25) is 5.91 Å². The first-order chi connectivity index (χ1) is 11.9. The number of nitrogens with one attached hydrogen (secondary N) is 2. The van der Waals surface area contributed by atoms with Crippen molar-refractivity contribution in [3.8, 4) is 0 Å². The third-order valence-electron chi connectivity index (χ3n) is 3.55. The number of anilines is 2. The van der Waals surface area contributed by atoms with Gasteiger partial charge < -0.3 is 36.2 Å². The summed E-state index contributed by atoms with van der Waals surface area (Å²) < 4.78 is 0. The molecule has 1 rings (SSSR count). The maximum atomic E-state index is 11.7. The summed E-state index contributed by atoms with van der Waals surface area (Å²) in [6, 6.07) is 6.80. The monoisotopic (exact) mass is 374 g/mol. The van der Waals surface area contributed by atoms with Crippen LogP contribution in [0.3, 0.4) is 0 Å². The van der Waals surface area contributed by atoms with Gasteiger partial charge in [0.1, 0.15) is 18.3 Å². The van der Waals surface area contributed by atoms with Gasteiger partial charge in [0, 0.05) is 24.3 Å². The average molecular weight is 374 g/mol. The number of thiol groups is 1. The second kappa shape index (κ2) is 11.3. The molecule has 25 heavy (non-hydrogen) atoms. The number of carbonyl (C=O) groups is 1. The van der Waals surface area contributed by atoms with Crippen LogP contribution in [0.1, 0.15) is 12.8 Å². The fourth-order valence-corrected chi connectivity index (χ4v) is 2.23. The van der Waals surface area contributed by atoms with Gasteiger partial charge in [-0.2, -0.15) is 12.6 Å². The van der Waals surface area contributed by atoms with E-state index in [-0.39, 0.29) is 12.5 Å². The van der Waals surface area contributed by atoms with E-state index < -0.39 is 31.0 Å². The maximum absolute atomic E-state index is 11.7. The number of amides is 1. The first-order valence-corrected chi connectivity index (χ1v) is 8.60. The molecule has 142 valence electrons. The van der Waals surface area contributed by atoms with E-state index in [9.17, 15) is 25.2 Å². The van der Waals surface area contributed by atoms with Crippen LogP contribution < -0.4 is 10.6 Å². The maximum Gasteiger partial charge on any atom is 0.224 e. The van der Waals surface area contributed by atoms with Gasteiger partial charge in [-0.3, -0.25) is 4.79 Å². The highest BCUT2D eigenvalue weighted by molar-refractivity contribution is 7.80. The minimum atomic E-state index is -1.67. The van der Waals surface area contributed by atoms with Gasteiger partial charge in [0.15, 0.2) is 0 Å². The lowest BCUT2D eigenvalue weighted by Gasteiger charge is -2.26. The Hall–Kier alpha value is -1.36. The summed E-state index contributed by atoms with van der Waals surface area (Å²) >= 11 is 4.05. The van der Waals surface area contributed by atoms with Crippen LogP contribution in [0, 0.1) is 0 Å². The van der Waals surface area contributed by atoms with Crippen LogP contribution in [0.15, 0.2) is 24.3 Å². The topological polar surface area (TPSA) is 142 Å². The molecule has 0 aliphatic heterocycles. The van der Waals surface area contributed by atoms with Gasteiger partial charge in [-0.15, -0.1) is 0 Å². The molecular formula is C16H26N2O6S. The number of rotatable bonds is 11. The Bertz CT molecular complexity index is 533. The Morgan fingerprint density at radius 3 is 2.36 bits per heavy atom. The standard InChI is InChI=1S/C16H26N2O6S/c19-9-13(21)16(24)15(23)12(20)8-17-10-3-1-4-11(7-10)18-14(22)5-2-6-25/h1,3-4,7,12-13,15-17,19-21,23-25H,2,5-6,8-9H2,(H,18,22)/t12-,13?,15?,16-/m1/s1. The summed E-state index contributed by atoms with van der Waals surface area (Å²) in [5.74, 6) is 0.509. The third kappa shape index (κ3) is 7.59. The van der Waals surface area contributed by atoms with Crippen LogP contribution in [0.5, 0.6) is 0 Å². The number of carbonyl (C=O) groups excluding carboxylic acids is 1. The zero-order valence-electron chi connectivity index (χ0n) is 13.7. The van der Waals surface area contributed by atoms with E-state index in [2.05, 4.69) is 23.3 Å². The Morgan fingerprint density at radius 1 is 1.08 bits per heavy atom. The van der Waals surface area contributed by atoms with E-state index in [1.54, 1.807) is 24.3 Å². The fourth-order valence-electron chi connectivity index (χ4n) is 2.08. The predicted octanol–water partition coefficient (Wildman–Crippen LogP) is -0.817. The lowest BCUT2D eigenvalue weighted by Crippen LogP contribution is -2.48. The largest absolute Gasteiger partial charge is 0.394 e. The minimum Gasteiger partial charge on any atom is -0.394 e. The summed E-state index contributed by atoms with van der Waals surface area (Å²) in [5.41, 5.74) is 1.18. The molecule has 0 aliphatic carbocycles. The van der Waals surface area contributed by atoms with Gasteiger partial charge in [-0.25, -0.2) is 0 Å². The van der Waals surface area contributed by atoms with Crippen molar-refractivity contribution in [1.82, 2.24) is 0 Å². The Kier molecular flexibility index (Phi) is 9.79. The molecule has 1 amide bonds. The number of aliphatic hydroxyl groups is 5. The van der Waals surface area contributed by atoms with Crippen LogP contribution in [-0.2, 0) is 4.79 Å². The molecule has 2 unspecified atom stereocenters. The first kappa shape index (κ1) is 21.7. The van der Waals surface area contributed by atoms with Gasteiger partial charge in [-0.05, 0) is 30.4 Å². The molecule has 0 heterocycles. The van der Waals surface area contributed by atoms with Crippen LogP contribution in [0.4, 0.5) is 11.4 Å². The number of benzene rings is 1. The number of hydrogen-bond acceptors (Lipinski definition) is 8. The number of aliphatic hydroxyl groups excluding tert-OH is 5. The molecule has 0 spiro atoms. The van der Waals surface area contributed by atoms with Crippen LogP contribution >= 0.6 is 12.6 Å². The van der Waals surface area contributed by atoms with Gasteiger partial charge in [0.05, 0.1) is 12.7 Å². The average Bonchev–Trinajstić information content (AvgIpc) is 2.62. The van der Waals surface area contributed by atoms with Crippen molar-refractivity contribution in [3.63, 3.8) is 0 Å². The minimum absolute atomic E-state index is 0.104. The Labute approximate surface area is 151 Å². The Balaban J connectivity index is 2.54. The molecule has 9 heteroatoms. The number of hydrogen-bond donors (Lipinski definition) is 8. The highest BCUT2D eigenvalue weighted by atomic mass is 32.1. The van der Waals surface area contributed by atoms with Crippen molar-refractivity contribution in [3.05, 3.63) is 24.3 Å². The third-order valence-corrected chi connectivity index (χ3v) is 3.87. The normalized spacial score (nSPS) is 15.9. The van der Waals surface area contributed by atoms with Gasteiger partial charge in [0.25, 0.3) is 0 Å². The molecule has 8 nitrogen and oxygen atoms in total. The highest BCUT2D eigenvalue weighted by Crippen LogP contribution is 2.16. The lowest BCUT2D eigenvalue weighted by atomic mass is 10.0. The summed E-state index contributed by atoms with van der Waals surface area (Å²) in [6.07, 6.45) is -5.15. The van der Waals surface area contributed by atoms with Crippen LogP contribution in [0.2, 0.25) is 0 Å². The predicted molar refractivity (Wildman–Crippen MR) is 97.8 cm³/mol. The second-order valence-electron chi connectivity index (χ2n) is 5.64. The summed E-state index contributed by atoms with van der Waals surface area (Å²) in [5, 5.41) is 52.8. The highest BCUT2D eigenvalue weighted by Gasteiger charge is 2.29. The van der Waals surface area contributed by atoms with Crippen molar-refractivity contribution >= 4 is 29.9 Å². The van der Waals surface area contributed by atoms with Gasteiger partial charge >= 0.3 is 0 Å². The molecule has 7 N–H and O–H groups in total. The zero-order valence-corrected chi connectivity index (χ0v) is 14.6. The van der Waals surface area contributed by atoms with Crippen molar-refractivity contribution in [2.24, 2.45) is 0 Å². The van der Waals surface area contributed by atoms with Crippen molar-refractivity contribution < 1.29 is 30.3 Å². The molecular weight excluding hydrogens is 348 g/mol. The summed E-state index contributed by atoms with van der Waals surface area (Å²) in [7, 11) is 0. The zero-order chi connectivity index (χ0) is 18.8. The SMILES string of the molecule is O=C(CCCS)Nc1cccc(NC[C@@H](O)C(O)[C@H](O)C(O)CO)c1. The van der Waals surface area contributed by atoms with Crippen LogP contribution in [-0.4, -0.2) is 74.8 Å². The molecule has 1 aromatic rings. The molecule has 0 fully saturated rings. The quantitative estimate of drug-likeness (QED) is 0.237. The van der Waals surface area contributed by atoms with Crippen LogP contribution in [0.25, 0.3) is 0 Å². The fraction of sp³-hybridized carbons (Fsp3) is 0.562. The van der Waals surface area contributed by atoms with E-state index >= 15 is 0 Å². The molecule has 0 aromatic heterocycles. The molecule has 0 saturated heterocycles. The molecule has 0 saturated carbocycles. The van der Waals surface area contributed by atoms with E-state index in [1.807, 2.05) is 0 Å². The molecule has 4 atom stereocenters. The van der Waals surface area contributed by atoms with E-state index in [0.29, 0.717) is 30.0 Å². The molecule has 1 aromatic carbocycles. The smallest absolute Gasteiger partial charge is 0.224 e. The van der Waals surface area contributed by atoms with Crippen molar-refractivity contribution in [2.75, 3.05) is 29.5 Å². The van der Waals surface area contributed by atoms with E-state index in [0.717, 1.165) is 0 Å². The van der Waals surface area contributed by atoms with Crippen molar-refractivity contribution in [2.45, 2.75) is 37.3 Å². The Morgan fingerprint density at radius 2 is 1.72 bits per heavy atom. The molecule has 0 aliphatic rings. The lowest BCUT2D eigenvalue weighted by molar-refractivity contribution is -0.116. The molecule has 0 bridgehead atoms. The van der Waals surface area contributed by atoms with E-state index in [1.165, 1.54) is 0 Å². The van der Waals surface area contributed by atoms with E-state index in [4.69, 9.17) is 5.11 Å². The molecule has 0 radical (unpaired) electrons. The van der Waals surface area contributed by atoms with Crippen molar-refractivity contribution in [1.29, 1.82) is 0 Å².